The molecule has 22 heavy (non-hydrogen) atoms. The van der Waals surface area contributed by atoms with Gasteiger partial charge in [0, 0.05) is 9.79 Å². The van der Waals surface area contributed by atoms with Crippen LogP contribution in [0.15, 0.2) is 64.4 Å². The van der Waals surface area contributed by atoms with Crippen LogP contribution in [0.25, 0.3) is 0 Å². The number of carbonyl (C=O) groups is 1. The van der Waals surface area contributed by atoms with Crippen LogP contribution < -0.4 is 4.74 Å². The summed E-state index contributed by atoms with van der Waals surface area (Å²) in [6.07, 6.45) is 0. The van der Waals surface area contributed by atoms with Gasteiger partial charge in [0.1, 0.15) is 19.0 Å². The van der Waals surface area contributed by atoms with Crippen LogP contribution in [0.3, 0.4) is 0 Å². The number of rotatable bonds is 7. The number of hydrogen-bond donors (Lipinski definition) is 0. The fourth-order valence-corrected chi connectivity index (χ4v) is 2.53. The van der Waals surface area contributed by atoms with Crippen LogP contribution in [0.2, 0.25) is 0 Å². The van der Waals surface area contributed by atoms with E-state index >= 15 is 0 Å². The van der Waals surface area contributed by atoms with E-state index in [1.54, 1.807) is 11.8 Å². The maximum atomic E-state index is 11.3. The van der Waals surface area contributed by atoms with Gasteiger partial charge in [-0.15, -0.1) is 0 Å². The largest absolute Gasteiger partial charge is 0.490 e. The van der Waals surface area contributed by atoms with Crippen LogP contribution in [-0.2, 0) is 9.53 Å². The minimum absolute atomic E-state index is 0.103. The first-order chi connectivity index (χ1) is 10.6. The van der Waals surface area contributed by atoms with Crippen molar-refractivity contribution in [1.82, 2.24) is 0 Å². The Kier molecular flexibility index (Phi) is 6.34. The van der Waals surface area contributed by atoms with Crippen molar-refractivity contribution in [3.05, 3.63) is 54.6 Å². The van der Waals surface area contributed by atoms with Gasteiger partial charge >= 0.3 is 5.97 Å². The van der Waals surface area contributed by atoms with Crippen molar-refractivity contribution >= 4 is 17.7 Å². The molecule has 0 N–H and O–H groups in total. The van der Waals surface area contributed by atoms with E-state index in [9.17, 15) is 4.79 Å². The third-order valence-electron chi connectivity index (χ3n) is 2.87. The summed E-state index contributed by atoms with van der Waals surface area (Å²) in [6, 6.07) is 18.1. The van der Waals surface area contributed by atoms with Gasteiger partial charge in [0.25, 0.3) is 0 Å². The molecule has 3 nitrogen and oxygen atoms in total. The molecule has 0 fully saturated rings. The molecule has 4 heteroatoms. The Morgan fingerprint density at radius 3 is 2.23 bits per heavy atom. The Labute approximate surface area is 135 Å². The van der Waals surface area contributed by atoms with Gasteiger partial charge in [-0.3, -0.25) is 4.79 Å². The van der Waals surface area contributed by atoms with Crippen molar-refractivity contribution in [2.24, 2.45) is 5.92 Å². The Morgan fingerprint density at radius 1 is 0.955 bits per heavy atom. The van der Waals surface area contributed by atoms with Gasteiger partial charge in [0.15, 0.2) is 0 Å². The highest BCUT2D eigenvalue weighted by molar-refractivity contribution is 7.99. The van der Waals surface area contributed by atoms with Gasteiger partial charge in [0.2, 0.25) is 0 Å². The van der Waals surface area contributed by atoms with Crippen LogP contribution in [-0.4, -0.2) is 19.2 Å². The minimum Gasteiger partial charge on any atom is -0.490 e. The van der Waals surface area contributed by atoms with E-state index in [0.29, 0.717) is 6.61 Å². The summed E-state index contributed by atoms with van der Waals surface area (Å²) in [6.45, 7) is 4.26. The van der Waals surface area contributed by atoms with Gasteiger partial charge in [0.05, 0.1) is 5.92 Å². The van der Waals surface area contributed by atoms with E-state index < -0.39 is 0 Å². The second kappa shape index (κ2) is 8.49. The third-order valence-corrected chi connectivity index (χ3v) is 3.89. The third kappa shape index (κ3) is 5.45. The van der Waals surface area contributed by atoms with Gasteiger partial charge in [-0.05, 0) is 36.4 Å². The van der Waals surface area contributed by atoms with Crippen molar-refractivity contribution in [2.45, 2.75) is 23.6 Å². The monoisotopic (exact) mass is 316 g/mol. The predicted octanol–water partition coefficient (Wildman–Crippen LogP) is 4.42. The lowest BCUT2D eigenvalue weighted by Gasteiger charge is -2.09. The van der Waals surface area contributed by atoms with E-state index in [2.05, 4.69) is 12.1 Å². The molecule has 0 heterocycles. The number of esters is 1. The molecule has 0 aliphatic carbocycles. The average Bonchev–Trinajstić information content (AvgIpc) is 2.53. The average molecular weight is 316 g/mol. The lowest BCUT2D eigenvalue weighted by Crippen LogP contribution is -2.16. The normalized spacial score (nSPS) is 10.5. The first-order valence-corrected chi connectivity index (χ1v) is 8.09. The highest BCUT2D eigenvalue weighted by Gasteiger charge is 2.07. The van der Waals surface area contributed by atoms with Gasteiger partial charge < -0.3 is 9.47 Å². The second-order valence-corrected chi connectivity index (χ2v) is 6.20. The maximum absolute atomic E-state index is 11.3. The van der Waals surface area contributed by atoms with Crippen molar-refractivity contribution < 1.29 is 14.3 Å². The SMILES string of the molecule is CC(C)C(=O)OCCOc1ccc(Sc2ccccc2)cc1. The summed E-state index contributed by atoms with van der Waals surface area (Å²) in [5.41, 5.74) is 0. The summed E-state index contributed by atoms with van der Waals surface area (Å²) in [5, 5.41) is 0. The number of benzene rings is 2. The van der Waals surface area contributed by atoms with Crippen molar-refractivity contribution in [2.75, 3.05) is 13.2 Å². The van der Waals surface area contributed by atoms with E-state index in [1.807, 2.05) is 56.3 Å². The predicted molar refractivity (Wildman–Crippen MR) is 88.3 cm³/mol. The molecule has 0 spiro atoms. The van der Waals surface area contributed by atoms with E-state index in [-0.39, 0.29) is 18.5 Å². The first-order valence-electron chi connectivity index (χ1n) is 7.27. The van der Waals surface area contributed by atoms with Crippen LogP contribution in [0.5, 0.6) is 5.75 Å². The molecular weight excluding hydrogens is 296 g/mol. The Hall–Kier alpha value is -1.94. The van der Waals surface area contributed by atoms with E-state index in [1.165, 1.54) is 4.90 Å². The highest BCUT2D eigenvalue weighted by atomic mass is 32.2. The lowest BCUT2D eigenvalue weighted by atomic mass is 10.2. The van der Waals surface area contributed by atoms with Crippen molar-refractivity contribution in [3.8, 4) is 5.75 Å². The quantitative estimate of drug-likeness (QED) is 0.560. The number of ether oxygens (including phenoxy) is 2. The molecule has 0 amide bonds. The molecule has 2 rings (SSSR count). The van der Waals surface area contributed by atoms with Crippen molar-refractivity contribution in [1.29, 1.82) is 0 Å². The maximum Gasteiger partial charge on any atom is 0.308 e. The fourth-order valence-electron chi connectivity index (χ4n) is 1.70. The zero-order chi connectivity index (χ0) is 15.8. The molecule has 0 aliphatic heterocycles. The molecule has 2 aromatic carbocycles. The molecule has 0 atom stereocenters. The van der Waals surface area contributed by atoms with Crippen LogP contribution in [0.1, 0.15) is 13.8 Å². The summed E-state index contributed by atoms with van der Waals surface area (Å²) in [5.74, 6) is 0.477. The van der Waals surface area contributed by atoms with Crippen molar-refractivity contribution in [3.63, 3.8) is 0 Å². The van der Waals surface area contributed by atoms with Gasteiger partial charge in [-0.25, -0.2) is 0 Å². The molecular formula is C18H20O3S. The van der Waals surface area contributed by atoms with E-state index in [4.69, 9.17) is 9.47 Å². The lowest BCUT2D eigenvalue weighted by molar-refractivity contribution is -0.148. The Bertz CT molecular complexity index is 579. The molecule has 2 aromatic rings. The fraction of sp³-hybridized carbons (Fsp3) is 0.278. The van der Waals surface area contributed by atoms with Crippen LogP contribution in [0.4, 0.5) is 0 Å². The molecule has 0 unspecified atom stereocenters. The number of carbonyl (C=O) groups excluding carboxylic acids is 1. The molecule has 0 radical (unpaired) electrons. The zero-order valence-corrected chi connectivity index (χ0v) is 13.6. The minimum atomic E-state index is -0.196. The van der Waals surface area contributed by atoms with Gasteiger partial charge in [-0.2, -0.15) is 0 Å². The smallest absolute Gasteiger partial charge is 0.308 e. The topological polar surface area (TPSA) is 35.5 Å². The Morgan fingerprint density at radius 2 is 1.59 bits per heavy atom. The standard InChI is InChI=1S/C18H20O3S/c1-14(2)18(19)21-13-12-20-15-8-10-17(11-9-15)22-16-6-4-3-5-7-16/h3-11,14H,12-13H2,1-2H3. The molecule has 0 saturated carbocycles. The van der Waals surface area contributed by atoms with E-state index in [0.717, 1.165) is 10.6 Å². The summed E-state index contributed by atoms with van der Waals surface area (Å²) in [7, 11) is 0. The summed E-state index contributed by atoms with van der Waals surface area (Å²) >= 11 is 1.71. The second-order valence-electron chi connectivity index (χ2n) is 5.06. The molecule has 0 aromatic heterocycles. The van der Waals surface area contributed by atoms with Gasteiger partial charge in [-0.1, -0.05) is 43.8 Å². The molecule has 116 valence electrons. The number of hydrogen-bond acceptors (Lipinski definition) is 4. The molecule has 0 aliphatic rings. The Balaban J connectivity index is 1.76. The highest BCUT2D eigenvalue weighted by Crippen LogP contribution is 2.28. The summed E-state index contributed by atoms with van der Waals surface area (Å²) in [4.78, 5) is 13.7. The van der Waals surface area contributed by atoms with Crippen LogP contribution in [0, 0.1) is 5.92 Å². The molecule has 0 bridgehead atoms. The summed E-state index contributed by atoms with van der Waals surface area (Å²) < 4.78 is 10.6. The van der Waals surface area contributed by atoms with Crippen LogP contribution >= 0.6 is 11.8 Å². The molecule has 0 saturated heterocycles. The first kappa shape index (κ1) is 16.4. The zero-order valence-electron chi connectivity index (χ0n) is 12.8.